The van der Waals surface area contributed by atoms with Gasteiger partial charge in [0.1, 0.15) is 5.75 Å². The molecule has 1 aromatic carbocycles. The fourth-order valence-electron chi connectivity index (χ4n) is 1.29. The van der Waals surface area contributed by atoms with Gasteiger partial charge in [-0.1, -0.05) is 6.92 Å². The number of benzene rings is 1. The molecule has 3 nitrogen and oxygen atoms in total. The minimum atomic E-state index is -0.573. The van der Waals surface area contributed by atoms with Crippen LogP contribution in [0.3, 0.4) is 0 Å². The summed E-state index contributed by atoms with van der Waals surface area (Å²) in [6.45, 7) is 3.87. The number of phenols is 1. The third-order valence-electron chi connectivity index (χ3n) is 2.22. The van der Waals surface area contributed by atoms with Crippen LogP contribution in [0.1, 0.15) is 20.3 Å². The van der Waals surface area contributed by atoms with Crippen LogP contribution in [0.5, 0.6) is 17.2 Å². The Labute approximate surface area is 76.9 Å². The standard InChI is InChI=1S/C10H12O3/c1-3-10(2)12-8-5-4-7(11)6-9(8)13-10/h4-6,11H,3H2,1-2H3. The molecule has 0 spiro atoms. The first kappa shape index (κ1) is 8.23. The van der Waals surface area contributed by atoms with E-state index in [2.05, 4.69) is 0 Å². The molecular formula is C10H12O3. The zero-order valence-corrected chi connectivity index (χ0v) is 7.70. The summed E-state index contributed by atoms with van der Waals surface area (Å²) in [5.74, 6) is 0.935. The van der Waals surface area contributed by atoms with Crippen molar-refractivity contribution in [2.45, 2.75) is 26.1 Å². The molecular weight excluding hydrogens is 168 g/mol. The molecule has 1 aromatic rings. The van der Waals surface area contributed by atoms with Crippen molar-refractivity contribution in [2.75, 3.05) is 0 Å². The lowest BCUT2D eigenvalue weighted by atomic mass is 10.2. The SMILES string of the molecule is CCC1(C)Oc2ccc(O)cc2O1. The fraction of sp³-hybridized carbons (Fsp3) is 0.400. The van der Waals surface area contributed by atoms with Gasteiger partial charge in [-0.2, -0.15) is 0 Å². The number of ether oxygens (including phenoxy) is 2. The van der Waals surface area contributed by atoms with Gasteiger partial charge < -0.3 is 14.6 Å². The lowest BCUT2D eigenvalue weighted by Crippen LogP contribution is -2.33. The molecule has 1 heterocycles. The smallest absolute Gasteiger partial charge is 0.248 e. The van der Waals surface area contributed by atoms with Gasteiger partial charge in [-0.3, -0.25) is 0 Å². The van der Waals surface area contributed by atoms with Crippen molar-refractivity contribution in [3.05, 3.63) is 18.2 Å². The molecule has 1 unspecified atom stereocenters. The van der Waals surface area contributed by atoms with Gasteiger partial charge in [0.2, 0.25) is 5.79 Å². The van der Waals surface area contributed by atoms with Gasteiger partial charge in [0.05, 0.1) is 0 Å². The Balaban J connectivity index is 2.35. The van der Waals surface area contributed by atoms with Crippen molar-refractivity contribution in [2.24, 2.45) is 0 Å². The predicted octanol–water partition coefficient (Wildman–Crippen LogP) is 2.29. The van der Waals surface area contributed by atoms with Crippen molar-refractivity contribution >= 4 is 0 Å². The summed E-state index contributed by atoms with van der Waals surface area (Å²) >= 11 is 0. The Bertz CT molecular complexity index is 335. The van der Waals surface area contributed by atoms with E-state index in [0.717, 1.165) is 6.42 Å². The summed E-state index contributed by atoms with van der Waals surface area (Å²) in [6, 6.07) is 4.87. The summed E-state index contributed by atoms with van der Waals surface area (Å²) in [7, 11) is 0. The maximum absolute atomic E-state index is 9.20. The zero-order valence-electron chi connectivity index (χ0n) is 7.70. The first-order valence-corrected chi connectivity index (χ1v) is 4.34. The first-order valence-electron chi connectivity index (χ1n) is 4.34. The summed E-state index contributed by atoms with van der Waals surface area (Å²) in [5, 5.41) is 9.20. The van der Waals surface area contributed by atoms with E-state index < -0.39 is 5.79 Å². The van der Waals surface area contributed by atoms with Gasteiger partial charge in [0.15, 0.2) is 11.5 Å². The minimum absolute atomic E-state index is 0.197. The molecule has 0 bridgehead atoms. The van der Waals surface area contributed by atoms with Crippen molar-refractivity contribution in [1.82, 2.24) is 0 Å². The molecule has 1 aliphatic rings. The van der Waals surface area contributed by atoms with E-state index in [-0.39, 0.29) is 5.75 Å². The van der Waals surface area contributed by atoms with E-state index in [1.165, 1.54) is 0 Å². The van der Waals surface area contributed by atoms with E-state index in [0.29, 0.717) is 11.5 Å². The van der Waals surface area contributed by atoms with Crippen molar-refractivity contribution in [3.8, 4) is 17.2 Å². The largest absolute Gasteiger partial charge is 0.508 e. The van der Waals surface area contributed by atoms with Crippen molar-refractivity contribution in [1.29, 1.82) is 0 Å². The summed E-state index contributed by atoms with van der Waals surface area (Å²) in [4.78, 5) is 0. The van der Waals surface area contributed by atoms with Gasteiger partial charge in [-0.25, -0.2) is 0 Å². The monoisotopic (exact) mass is 180 g/mol. The highest BCUT2D eigenvalue weighted by Gasteiger charge is 2.34. The third kappa shape index (κ3) is 1.30. The topological polar surface area (TPSA) is 38.7 Å². The molecule has 0 radical (unpaired) electrons. The normalized spacial score (nSPS) is 24.8. The maximum atomic E-state index is 9.20. The van der Waals surface area contributed by atoms with E-state index in [9.17, 15) is 5.11 Å². The second-order valence-corrected chi connectivity index (χ2v) is 3.32. The molecule has 0 aromatic heterocycles. The van der Waals surface area contributed by atoms with Crippen LogP contribution in [0.4, 0.5) is 0 Å². The Hall–Kier alpha value is -1.38. The molecule has 0 saturated heterocycles. The average Bonchev–Trinajstić information content (AvgIpc) is 2.42. The number of hydrogen-bond acceptors (Lipinski definition) is 3. The number of fused-ring (bicyclic) bond motifs is 1. The van der Waals surface area contributed by atoms with Crippen LogP contribution in [0.25, 0.3) is 0 Å². The lowest BCUT2D eigenvalue weighted by Gasteiger charge is -2.20. The molecule has 2 rings (SSSR count). The molecule has 0 aliphatic carbocycles. The number of aromatic hydroxyl groups is 1. The number of hydrogen-bond donors (Lipinski definition) is 1. The van der Waals surface area contributed by atoms with Gasteiger partial charge in [-0.15, -0.1) is 0 Å². The molecule has 1 atom stereocenters. The van der Waals surface area contributed by atoms with Crippen molar-refractivity contribution in [3.63, 3.8) is 0 Å². The molecule has 1 aliphatic heterocycles. The quantitative estimate of drug-likeness (QED) is 0.720. The van der Waals surface area contributed by atoms with Gasteiger partial charge in [0, 0.05) is 19.4 Å². The predicted molar refractivity (Wildman–Crippen MR) is 48.1 cm³/mol. The Morgan fingerprint density at radius 2 is 2.00 bits per heavy atom. The van der Waals surface area contributed by atoms with Gasteiger partial charge in [0.25, 0.3) is 0 Å². The molecule has 1 N–H and O–H groups in total. The van der Waals surface area contributed by atoms with Crippen LogP contribution in [0.2, 0.25) is 0 Å². The maximum Gasteiger partial charge on any atom is 0.248 e. The highest BCUT2D eigenvalue weighted by molar-refractivity contribution is 5.47. The van der Waals surface area contributed by atoms with Crippen LogP contribution in [0.15, 0.2) is 18.2 Å². The second-order valence-electron chi connectivity index (χ2n) is 3.32. The molecule has 3 heteroatoms. The molecule has 0 fully saturated rings. The average molecular weight is 180 g/mol. The number of phenolic OH excluding ortho intramolecular Hbond substituents is 1. The second kappa shape index (κ2) is 2.55. The first-order chi connectivity index (χ1) is 6.13. The summed E-state index contributed by atoms with van der Waals surface area (Å²) < 4.78 is 11.1. The Kier molecular flexibility index (Phi) is 1.62. The fourth-order valence-corrected chi connectivity index (χ4v) is 1.29. The highest BCUT2D eigenvalue weighted by Crippen LogP contribution is 2.42. The lowest BCUT2D eigenvalue weighted by molar-refractivity contribution is -0.0640. The third-order valence-corrected chi connectivity index (χ3v) is 2.22. The van der Waals surface area contributed by atoms with E-state index in [1.807, 2.05) is 13.8 Å². The molecule has 70 valence electrons. The molecule has 13 heavy (non-hydrogen) atoms. The zero-order chi connectivity index (χ0) is 9.47. The van der Waals surface area contributed by atoms with Crippen LogP contribution >= 0.6 is 0 Å². The van der Waals surface area contributed by atoms with E-state index in [4.69, 9.17) is 9.47 Å². The Morgan fingerprint density at radius 3 is 2.69 bits per heavy atom. The summed E-state index contributed by atoms with van der Waals surface area (Å²) in [6.07, 6.45) is 0.766. The minimum Gasteiger partial charge on any atom is -0.508 e. The van der Waals surface area contributed by atoms with Crippen LogP contribution in [0, 0.1) is 0 Å². The summed E-state index contributed by atoms with van der Waals surface area (Å²) in [5.41, 5.74) is 0. The van der Waals surface area contributed by atoms with Crippen LogP contribution < -0.4 is 9.47 Å². The Morgan fingerprint density at radius 1 is 1.31 bits per heavy atom. The van der Waals surface area contributed by atoms with Gasteiger partial charge in [-0.05, 0) is 12.1 Å². The van der Waals surface area contributed by atoms with E-state index in [1.54, 1.807) is 18.2 Å². The van der Waals surface area contributed by atoms with E-state index >= 15 is 0 Å². The molecule has 0 saturated carbocycles. The van der Waals surface area contributed by atoms with Crippen LogP contribution in [-0.4, -0.2) is 10.9 Å². The van der Waals surface area contributed by atoms with Crippen LogP contribution in [-0.2, 0) is 0 Å². The molecule has 0 amide bonds. The highest BCUT2D eigenvalue weighted by atomic mass is 16.7. The number of rotatable bonds is 1. The van der Waals surface area contributed by atoms with Gasteiger partial charge >= 0.3 is 0 Å². The van der Waals surface area contributed by atoms with Crippen molar-refractivity contribution < 1.29 is 14.6 Å².